The third-order valence-electron chi connectivity index (χ3n) is 9.86. The number of aromatic hydroxyl groups is 1. The van der Waals surface area contributed by atoms with Gasteiger partial charge in [0.15, 0.2) is 0 Å². The summed E-state index contributed by atoms with van der Waals surface area (Å²) in [6.45, 7) is 5.21. The highest BCUT2D eigenvalue weighted by Crippen LogP contribution is 2.66. The molecule has 0 spiro atoms. The molecule has 28 heavy (non-hydrogen) atoms. The highest BCUT2D eigenvalue weighted by atomic mass is 16.3. The van der Waals surface area contributed by atoms with Crippen LogP contribution in [0, 0.1) is 34.5 Å². The Kier molecular flexibility index (Phi) is 4.60. The summed E-state index contributed by atoms with van der Waals surface area (Å²) in [4.78, 5) is 5.06. The van der Waals surface area contributed by atoms with Crippen LogP contribution >= 0.6 is 0 Å². The molecule has 1 N–H and O–H groups in total. The summed E-state index contributed by atoms with van der Waals surface area (Å²) in [6, 6.07) is 8.01. The van der Waals surface area contributed by atoms with Crippen LogP contribution in [0.2, 0.25) is 0 Å². The van der Waals surface area contributed by atoms with E-state index in [1.165, 1.54) is 64.2 Å². The van der Waals surface area contributed by atoms with E-state index in [1.54, 1.807) is 6.07 Å². The second-order valence-electron chi connectivity index (χ2n) is 10.9. The molecule has 2 heteroatoms. The van der Waals surface area contributed by atoms with Gasteiger partial charge in [-0.3, -0.25) is 4.99 Å². The number of hydrogen-bond donors (Lipinski definition) is 1. The van der Waals surface area contributed by atoms with Gasteiger partial charge in [0, 0.05) is 11.8 Å². The quantitative estimate of drug-likeness (QED) is 0.576. The molecule has 0 saturated heterocycles. The average Bonchev–Trinajstić information content (AvgIpc) is 3.03. The van der Waals surface area contributed by atoms with E-state index in [0.717, 1.165) is 29.2 Å². The molecule has 4 fully saturated rings. The van der Waals surface area contributed by atoms with Crippen LogP contribution in [0.5, 0.6) is 5.75 Å². The predicted molar refractivity (Wildman–Crippen MR) is 116 cm³/mol. The number of nitrogens with zero attached hydrogens (tertiary/aromatic N) is 1. The highest BCUT2D eigenvalue weighted by molar-refractivity contribution is 5.83. The smallest absolute Gasteiger partial charge is 0.124 e. The molecule has 4 aliphatic rings. The molecule has 152 valence electrons. The molecule has 1 aromatic carbocycles. The number of phenolic OH excluding ortho intramolecular Hbond substituents is 1. The van der Waals surface area contributed by atoms with Gasteiger partial charge in [-0.25, -0.2) is 0 Å². The fraction of sp³-hybridized carbons (Fsp3) is 0.731. The SMILES string of the molecule is C[C@]12CCCC[C@H]1CC[C@H]1[C@@H]2CC[C@@]2(C)[C@@H](N=Cc3ccccc3O)CC[C@@H]12. The summed E-state index contributed by atoms with van der Waals surface area (Å²) in [5.41, 5.74) is 1.85. The fourth-order valence-corrected chi connectivity index (χ4v) is 8.28. The van der Waals surface area contributed by atoms with E-state index < -0.39 is 0 Å². The first-order valence-electron chi connectivity index (χ1n) is 11.8. The molecule has 2 nitrogen and oxygen atoms in total. The molecular weight excluding hydrogens is 342 g/mol. The summed E-state index contributed by atoms with van der Waals surface area (Å²) in [5, 5.41) is 10.1. The van der Waals surface area contributed by atoms with Crippen molar-refractivity contribution in [1.29, 1.82) is 0 Å². The monoisotopic (exact) mass is 379 g/mol. The summed E-state index contributed by atoms with van der Waals surface area (Å²) in [7, 11) is 0. The maximum absolute atomic E-state index is 10.1. The lowest BCUT2D eigenvalue weighted by atomic mass is 9.45. The Labute approximate surface area is 170 Å². The minimum absolute atomic E-state index is 0.346. The Balaban J connectivity index is 1.37. The average molecular weight is 380 g/mol. The van der Waals surface area contributed by atoms with Crippen molar-refractivity contribution in [1.82, 2.24) is 0 Å². The van der Waals surface area contributed by atoms with Crippen molar-refractivity contribution >= 4 is 6.21 Å². The number of benzene rings is 1. The van der Waals surface area contributed by atoms with Crippen LogP contribution in [-0.4, -0.2) is 17.4 Å². The van der Waals surface area contributed by atoms with E-state index in [0.29, 0.717) is 22.6 Å². The van der Waals surface area contributed by atoms with E-state index >= 15 is 0 Å². The Morgan fingerprint density at radius 3 is 2.57 bits per heavy atom. The van der Waals surface area contributed by atoms with Gasteiger partial charge in [-0.2, -0.15) is 0 Å². The van der Waals surface area contributed by atoms with Gasteiger partial charge in [0.2, 0.25) is 0 Å². The van der Waals surface area contributed by atoms with Gasteiger partial charge >= 0.3 is 0 Å². The maximum atomic E-state index is 10.1. The molecule has 1 aromatic rings. The van der Waals surface area contributed by atoms with E-state index in [1.807, 2.05) is 24.4 Å². The highest BCUT2D eigenvalue weighted by Gasteiger charge is 2.59. The predicted octanol–water partition coefficient (Wildman–Crippen LogP) is 6.61. The van der Waals surface area contributed by atoms with Crippen LogP contribution in [0.3, 0.4) is 0 Å². The molecule has 5 rings (SSSR count). The minimum atomic E-state index is 0.346. The first-order chi connectivity index (χ1) is 13.5. The zero-order valence-corrected chi connectivity index (χ0v) is 17.7. The van der Waals surface area contributed by atoms with Crippen LogP contribution < -0.4 is 0 Å². The number of hydrogen-bond acceptors (Lipinski definition) is 2. The largest absolute Gasteiger partial charge is 0.507 e. The number of aliphatic imine (C=N–C) groups is 1. The Hall–Kier alpha value is -1.31. The molecule has 4 aliphatic carbocycles. The molecule has 0 unspecified atom stereocenters. The molecule has 0 heterocycles. The molecule has 0 aromatic heterocycles. The minimum Gasteiger partial charge on any atom is -0.507 e. The number of fused-ring (bicyclic) bond motifs is 5. The van der Waals surface area contributed by atoms with Crippen molar-refractivity contribution in [3.8, 4) is 5.75 Å². The first kappa shape index (κ1) is 18.7. The molecule has 4 saturated carbocycles. The summed E-state index contributed by atoms with van der Waals surface area (Å²) < 4.78 is 0. The maximum Gasteiger partial charge on any atom is 0.124 e. The van der Waals surface area contributed by atoms with Crippen LogP contribution in [0.25, 0.3) is 0 Å². The molecule has 0 bridgehead atoms. The van der Waals surface area contributed by atoms with Crippen LogP contribution in [0.1, 0.15) is 83.6 Å². The zero-order valence-electron chi connectivity index (χ0n) is 17.7. The van der Waals surface area contributed by atoms with Crippen molar-refractivity contribution in [2.75, 3.05) is 0 Å². The first-order valence-corrected chi connectivity index (χ1v) is 11.8. The van der Waals surface area contributed by atoms with Gasteiger partial charge in [-0.1, -0.05) is 38.8 Å². The lowest BCUT2D eigenvalue weighted by Crippen LogP contribution is -2.53. The summed E-state index contributed by atoms with van der Waals surface area (Å²) >= 11 is 0. The van der Waals surface area contributed by atoms with E-state index in [2.05, 4.69) is 13.8 Å². The van der Waals surface area contributed by atoms with E-state index in [9.17, 15) is 5.11 Å². The Bertz CT molecular complexity index is 757. The number of para-hydroxylation sites is 1. The van der Waals surface area contributed by atoms with Gasteiger partial charge in [0.05, 0.1) is 6.04 Å². The van der Waals surface area contributed by atoms with E-state index in [4.69, 9.17) is 4.99 Å². The number of phenols is 1. The lowest BCUT2D eigenvalue weighted by molar-refractivity contribution is -0.105. The molecule has 7 atom stereocenters. The second kappa shape index (κ2) is 6.89. The topological polar surface area (TPSA) is 32.6 Å². The van der Waals surface area contributed by atoms with Crippen LogP contribution in [-0.2, 0) is 0 Å². The van der Waals surface area contributed by atoms with Crippen molar-refractivity contribution in [3.05, 3.63) is 29.8 Å². The van der Waals surface area contributed by atoms with E-state index in [-0.39, 0.29) is 0 Å². The van der Waals surface area contributed by atoms with Gasteiger partial charge in [0.1, 0.15) is 5.75 Å². The van der Waals surface area contributed by atoms with Crippen LogP contribution in [0.4, 0.5) is 0 Å². The fourth-order valence-electron chi connectivity index (χ4n) is 8.28. The third-order valence-corrected chi connectivity index (χ3v) is 9.86. The Morgan fingerprint density at radius 2 is 1.71 bits per heavy atom. The third kappa shape index (κ3) is 2.77. The molecule has 0 aliphatic heterocycles. The lowest BCUT2D eigenvalue weighted by Gasteiger charge is -2.60. The number of rotatable bonds is 2. The molecule has 0 radical (unpaired) electrons. The van der Waals surface area contributed by atoms with Gasteiger partial charge in [-0.05, 0) is 98.0 Å². The molecular formula is C26H37NO. The standard InChI is InChI=1S/C26H37NO/c1-25-15-6-5-8-19(25)10-11-20-21-12-13-24(26(21,2)16-14-22(20)25)27-17-18-7-3-4-9-23(18)28/h3-4,7,9,17,19-22,24,28H,5-6,8,10-16H2,1-2H3/t19-,20+,21-,22-,24-,25-,26+/m0/s1. The summed E-state index contributed by atoms with van der Waals surface area (Å²) in [5.74, 6) is 4.10. The summed E-state index contributed by atoms with van der Waals surface area (Å²) in [6.07, 6.45) is 16.2. The van der Waals surface area contributed by atoms with Gasteiger partial charge in [-0.15, -0.1) is 0 Å². The molecule has 0 amide bonds. The van der Waals surface area contributed by atoms with Crippen molar-refractivity contribution in [3.63, 3.8) is 0 Å². The normalized spacial score (nSPS) is 45.4. The van der Waals surface area contributed by atoms with Crippen LogP contribution in [0.15, 0.2) is 29.3 Å². The van der Waals surface area contributed by atoms with Crippen molar-refractivity contribution < 1.29 is 5.11 Å². The van der Waals surface area contributed by atoms with Gasteiger partial charge < -0.3 is 5.11 Å². The van der Waals surface area contributed by atoms with Crippen molar-refractivity contribution in [2.24, 2.45) is 39.5 Å². The zero-order chi connectivity index (χ0) is 19.4. The van der Waals surface area contributed by atoms with Gasteiger partial charge in [0.25, 0.3) is 0 Å². The second-order valence-corrected chi connectivity index (χ2v) is 10.9. The Morgan fingerprint density at radius 1 is 0.893 bits per heavy atom. The van der Waals surface area contributed by atoms with Crippen molar-refractivity contribution in [2.45, 2.75) is 84.1 Å².